The van der Waals surface area contributed by atoms with Crippen LogP contribution < -0.4 is 9.80 Å². The van der Waals surface area contributed by atoms with Gasteiger partial charge in [-0.1, -0.05) is 222 Å². The highest BCUT2D eigenvalue weighted by Crippen LogP contribution is 2.65. The molecular weight excluding hydrogens is 761 g/mol. The lowest BCUT2D eigenvalue weighted by Crippen LogP contribution is -2.52. The molecule has 1 aliphatic heterocycles. The highest BCUT2D eigenvalue weighted by Gasteiger charge is 2.56. The molecule has 0 radical (unpaired) electrons. The number of hydrogen-bond donors (Lipinski definition) is 0. The molecule has 302 valence electrons. The SMILES string of the molecule is CC1(C)c2ccccc2-c2ccc(N3c4c(-c5ccccc5)ccc(-c5ccccc5)c4N(c4ccc5c(c4)C(C)(C)c4ccccc4-5)C3(c3ccccc3)c3ccccc3)cc21. The summed E-state index contributed by atoms with van der Waals surface area (Å²) in [5.74, 6) is 0. The van der Waals surface area contributed by atoms with Crippen molar-refractivity contribution in [3.05, 3.63) is 252 Å². The number of hydrogen-bond acceptors (Lipinski definition) is 2. The first kappa shape index (κ1) is 37.4. The first-order valence-electron chi connectivity index (χ1n) is 22.3. The minimum atomic E-state index is -0.896. The summed E-state index contributed by atoms with van der Waals surface area (Å²) in [6, 6.07) is 81.7. The summed E-state index contributed by atoms with van der Waals surface area (Å²) in [5, 5.41) is 0. The summed E-state index contributed by atoms with van der Waals surface area (Å²) in [5.41, 5.74) is 21.1. The van der Waals surface area contributed by atoms with Gasteiger partial charge < -0.3 is 9.80 Å². The molecule has 0 unspecified atom stereocenters. The van der Waals surface area contributed by atoms with E-state index in [0.29, 0.717) is 0 Å². The summed E-state index contributed by atoms with van der Waals surface area (Å²) >= 11 is 0. The fourth-order valence-corrected chi connectivity index (χ4v) is 11.5. The maximum Gasteiger partial charge on any atom is 0.175 e. The Morgan fingerprint density at radius 2 is 0.603 bits per heavy atom. The van der Waals surface area contributed by atoms with Crippen LogP contribution in [0.5, 0.6) is 0 Å². The molecule has 0 aromatic heterocycles. The third-order valence-electron chi connectivity index (χ3n) is 14.4. The van der Waals surface area contributed by atoms with Crippen molar-refractivity contribution in [2.75, 3.05) is 9.80 Å². The van der Waals surface area contributed by atoms with Gasteiger partial charge in [-0.15, -0.1) is 0 Å². The molecule has 1 heterocycles. The van der Waals surface area contributed by atoms with E-state index < -0.39 is 5.66 Å². The van der Waals surface area contributed by atoms with E-state index >= 15 is 0 Å². The second-order valence-electron chi connectivity index (χ2n) is 18.5. The zero-order valence-corrected chi connectivity index (χ0v) is 36.2. The van der Waals surface area contributed by atoms with Crippen molar-refractivity contribution in [3.63, 3.8) is 0 Å². The number of benzene rings is 9. The van der Waals surface area contributed by atoms with Gasteiger partial charge in [-0.05, 0) is 79.9 Å². The van der Waals surface area contributed by atoms with Crippen LogP contribution in [0.25, 0.3) is 44.5 Å². The molecule has 9 aromatic rings. The van der Waals surface area contributed by atoms with Gasteiger partial charge in [0.1, 0.15) is 0 Å². The monoisotopic (exact) mass is 808 g/mol. The molecule has 9 aromatic carbocycles. The predicted octanol–water partition coefficient (Wildman–Crippen LogP) is 15.8. The van der Waals surface area contributed by atoms with Crippen LogP contribution in [0.2, 0.25) is 0 Å². The Morgan fingerprint density at radius 1 is 0.286 bits per heavy atom. The molecule has 0 atom stereocenters. The standard InChI is InChI=1S/C61H48N2/c1-59(2)53-31-19-17-29-49(53)51-35-33-45(39-55(51)59)62-57-47(41-21-9-5-10-22-41)37-38-48(42-23-11-6-12-24-42)58(57)63(61(62,43-25-13-7-14-26-43)44-27-15-8-16-28-44)46-34-36-52-50-30-18-20-32-54(50)60(3,4)56(52)40-46/h5-40H,1-4H3. The lowest BCUT2D eigenvalue weighted by atomic mass is 9.81. The molecule has 0 fully saturated rings. The lowest BCUT2D eigenvalue weighted by Gasteiger charge is -2.47. The van der Waals surface area contributed by atoms with Crippen molar-refractivity contribution in [1.29, 1.82) is 0 Å². The first-order valence-corrected chi connectivity index (χ1v) is 22.3. The van der Waals surface area contributed by atoms with Gasteiger partial charge in [0.05, 0.1) is 11.4 Å². The molecule has 63 heavy (non-hydrogen) atoms. The molecule has 12 rings (SSSR count). The van der Waals surface area contributed by atoms with E-state index in [1.807, 2.05) is 0 Å². The average Bonchev–Trinajstić information content (AvgIpc) is 3.88. The van der Waals surface area contributed by atoms with Crippen LogP contribution in [0, 0.1) is 0 Å². The third kappa shape index (κ3) is 5.25. The Morgan fingerprint density at radius 3 is 1.00 bits per heavy atom. The van der Waals surface area contributed by atoms with Gasteiger partial charge in [-0.2, -0.15) is 0 Å². The van der Waals surface area contributed by atoms with Gasteiger partial charge in [0.2, 0.25) is 0 Å². The second kappa shape index (κ2) is 13.8. The van der Waals surface area contributed by atoms with Crippen molar-refractivity contribution >= 4 is 22.7 Å². The molecule has 2 heteroatoms. The van der Waals surface area contributed by atoms with Crippen molar-refractivity contribution in [2.24, 2.45) is 0 Å². The number of rotatable bonds is 6. The molecular formula is C61H48N2. The summed E-state index contributed by atoms with van der Waals surface area (Å²) in [6.45, 7) is 9.56. The molecule has 0 saturated carbocycles. The van der Waals surface area contributed by atoms with Crippen LogP contribution in [0.4, 0.5) is 22.7 Å². The molecule has 0 saturated heterocycles. The average molecular weight is 809 g/mol. The minimum Gasteiger partial charge on any atom is -0.307 e. The van der Waals surface area contributed by atoms with Gasteiger partial charge in [0.25, 0.3) is 0 Å². The van der Waals surface area contributed by atoms with Gasteiger partial charge in [-0.25, -0.2) is 0 Å². The quantitative estimate of drug-likeness (QED) is 0.165. The molecule has 0 N–H and O–H groups in total. The molecule has 0 bridgehead atoms. The van der Waals surface area contributed by atoms with Crippen LogP contribution in [0.1, 0.15) is 61.1 Å². The second-order valence-corrected chi connectivity index (χ2v) is 18.5. The highest BCUT2D eigenvalue weighted by atomic mass is 15.5. The largest absolute Gasteiger partial charge is 0.307 e. The fraction of sp³-hybridized carbons (Fsp3) is 0.115. The minimum absolute atomic E-state index is 0.193. The first-order chi connectivity index (χ1) is 30.8. The van der Waals surface area contributed by atoms with E-state index in [-0.39, 0.29) is 10.8 Å². The molecule has 0 spiro atoms. The maximum absolute atomic E-state index is 2.70. The molecule has 0 amide bonds. The van der Waals surface area contributed by atoms with Gasteiger partial charge in [0.15, 0.2) is 5.66 Å². The Hall–Kier alpha value is -7.42. The molecule has 2 nitrogen and oxygen atoms in total. The maximum atomic E-state index is 2.70. The Balaban J connectivity index is 1.26. The molecule has 3 aliphatic rings. The summed E-state index contributed by atoms with van der Waals surface area (Å²) in [6.07, 6.45) is 0. The van der Waals surface area contributed by atoms with E-state index in [4.69, 9.17) is 0 Å². The topological polar surface area (TPSA) is 6.48 Å². The van der Waals surface area contributed by atoms with Crippen molar-refractivity contribution in [1.82, 2.24) is 0 Å². The fourth-order valence-electron chi connectivity index (χ4n) is 11.5. The van der Waals surface area contributed by atoms with Crippen molar-refractivity contribution in [2.45, 2.75) is 44.2 Å². The Bertz CT molecular complexity index is 3000. The smallest absolute Gasteiger partial charge is 0.175 e. The Kier molecular flexibility index (Phi) is 8.18. The predicted molar refractivity (Wildman–Crippen MR) is 263 cm³/mol. The zero-order chi connectivity index (χ0) is 42.5. The van der Waals surface area contributed by atoms with E-state index in [1.54, 1.807) is 0 Å². The lowest BCUT2D eigenvalue weighted by molar-refractivity contribution is 0.558. The summed E-state index contributed by atoms with van der Waals surface area (Å²) in [7, 11) is 0. The van der Waals surface area contributed by atoms with Crippen LogP contribution >= 0.6 is 0 Å². The number of anilines is 4. The highest BCUT2D eigenvalue weighted by molar-refractivity contribution is 6.07. The third-order valence-corrected chi connectivity index (χ3v) is 14.4. The summed E-state index contributed by atoms with van der Waals surface area (Å²) < 4.78 is 0. The van der Waals surface area contributed by atoms with Crippen molar-refractivity contribution in [3.8, 4) is 44.5 Å². The van der Waals surface area contributed by atoms with E-state index in [2.05, 4.69) is 256 Å². The van der Waals surface area contributed by atoms with Crippen molar-refractivity contribution < 1.29 is 0 Å². The number of nitrogens with zero attached hydrogens (tertiary/aromatic N) is 2. The van der Waals surface area contributed by atoms with Crippen LogP contribution in [0.15, 0.2) is 218 Å². The van der Waals surface area contributed by atoms with E-state index in [1.165, 1.54) is 89.3 Å². The van der Waals surface area contributed by atoms with Crippen LogP contribution in [-0.4, -0.2) is 0 Å². The summed E-state index contributed by atoms with van der Waals surface area (Å²) in [4.78, 5) is 5.41. The Labute approximate surface area is 371 Å². The van der Waals surface area contributed by atoms with Gasteiger partial charge in [0, 0.05) is 44.5 Å². The van der Waals surface area contributed by atoms with E-state index in [0.717, 1.165) is 11.4 Å². The van der Waals surface area contributed by atoms with Gasteiger partial charge in [-0.3, -0.25) is 0 Å². The van der Waals surface area contributed by atoms with Gasteiger partial charge >= 0.3 is 0 Å². The van der Waals surface area contributed by atoms with E-state index in [9.17, 15) is 0 Å². The molecule has 2 aliphatic carbocycles. The number of fused-ring (bicyclic) bond motifs is 7. The zero-order valence-electron chi connectivity index (χ0n) is 36.2. The van der Waals surface area contributed by atoms with Crippen LogP contribution in [-0.2, 0) is 16.5 Å². The van der Waals surface area contributed by atoms with Crippen LogP contribution in [0.3, 0.4) is 0 Å². The normalized spacial score (nSPS) is 15.6.